The Labute approximate surface area is 99.5 Å². The van der Waals surface area contributed by atoms with Crippen molar-refractivity contribution in [2.24, 2.45) is 5.92 Å². The summed E-state index contributed by atoms with van der Waals surface area (Å²) < 4.78 is 0. The summed E-state index contributed by atoms with van der Waals surface area (Å²) in [5.74, 6) is 0.660. The molecule has 0 spiro atoms. The number of hydrogen-bond donors (Lipinski definition) is 1. The standard InChI is InChI=1S/C14H24N2/c1-5-11(4)14(16-7-3)13-8-9-15-10-12(13)6-2/h8-11,14,16H,5-7H2,1-4H3. The summed E-state index contributed by atoms with van der Waals surface area (Å²) in [5.41, 5.74) is 2.79. The van der Waals surface area contributed by atoms with Crippen LogP contribution in [0.2, 0.25) is 0 Å². The molecule has 1 heterocycles. The fourth-order valence-electron chi connectivity index (χ4n) is 2.11. The second kappa shape index (κ2) is 6.64. The lowest BCUT2D eigenvalue weighted by Crippen LogP contribution is -2.27. The minimum absolute atomic E-state index is 0.466. The van der Waals surface area contributed by atoms with E-state index in [0.717, 1.165) is 13.0 Å². The molecular weight excluding hydrogens is 196 g/mol. The predicted molar refractivity (Wildman–Crippen MR) is 69.5 cm³/mol. The highest BCUT2D eigenvalue weighted by molar-refractivity contribution is 5.27. The molecule has 0 aromatic carbocycles. The van der Waals surface area contributed by atoms with E-state index in [9.17, 15) is 0 Å². The zero-order chi connectivity index (χ0) is 12.0. The van der Waals surface area contributed by atoms with Gasteiger partial charge in [0.25, 0.3) is 0 Å². The van der Waals surface area contributed by atoms with Gasteiger partial charge in [-0.05, 0) is 36.1 Å². The minimum atomic E-state index is 0.466. The first-order valence-electron chi connectivity index (χ1n) is 6.40. The first kappa shape index (κ1) is 13.2. The Balaban J connectivity index is 2.99. The summed E-state index contributed by atoms with van der Waals surface area (Å²) >= 11 is 0. The van der Waals surface area contributed by atoms with Crippen LogP contribution in [0.1, 0.15) is 51.3 Å². The van der Waals surface area contributed by atoms with Crippen LogP contribution < -0.4 is 5.32 Å². The van der Waals surface area contributed by atoms with E-state index in [4.69, 9.17) is 0 Å². The van der Waals surface area contributed by atoms with Gasteiger partial charge in [0.2, 0.25) is 0 Å². The van der Waals surface area contributed by atoms with Gasteiger partial charge in [-0.15, -0.1) is 0 Å². The average Bonchev–Trinajstić information content (AvgIpc) is 2.35. The fraction of sp³-hybridized carbons (Fsp3) is 0.643. The number of aromatic nitrogens is 1. The van der Waals surface area contributed by atoms with E-state index in [1.54, 1.807) is 0 Å². The Bertz CT molecular complexity index is 309. The van der Waals surface area contributed by atoms with Crippen molar-refractivity contribution in [1.82, 2.24) is 10.3 Å². The van der Waals surface area contributed by atoms with Gasteiger partial charge in [0.1, 0.15) is 0 Å². The van der Waals surface area contributed by atoms with Crippen LogP contribution in [0.5, 0.6) is 0 Å². The quantitative estimate of drug-likeness (QED) is 0.795. The summed E-state index contributed by atoms with van der Waals surface area (Å²) in [6.45, 7) is 9.94. The Morgan fingerprint density at radius 1 is 1.31 bits per heavy atom. The van der Waals surface area contributed by atoms with Gasteiger partial charge < -0.3 is 5.32 Å². The van der Waals surface area contributed by atoms with E-state index in [0.29, 0.717) is 12.0 Å². The van der Waals surface area contributed by atoms with Crippen molar-refractivity contribution in [2.75, 3.05) is 6.54 Å². The molecule has 0 aliphatic carbocycles. The van der Waals surface area contributed by atoms with Crippen molar-refractivity contribution in [2.45, 2.75) is 46.6 Å². The molecule has 1 aromatic heterocycles. The van der Waals surface area contributed by atoms with E-state index in [1.807, 2.05) is 12.4 Å². The van der Waals surface area contributed by atoms with Crippen molar-refractivity contribution in [3.8, 4) is 0 Å². The van der Waals surface area contributed by atoms with Crippen LogP contribution in [0.3, 0.4) is 0 Å². The lowest BCUT2D eigenvalue weighted by Gasteiger charge is -2.26. The Hall–Kier alpha value is -0.890. The molecule has 0 saturated heterocycles. The van der Waals surface area contributed by atoms with Gasteiger partial charge in [0.05, 0.1) is 0 Å². The lowest BCUT2D eigenvalue weighted by molar-refractivity contribution is 0.381. The van der Waals surface area contributed by atoms with Crippen LogP contribution in [-0.4, -0.2) is 11.5 Å². The van der Waals surface area contributed by atoms with Gasteiger partial charge in [0, 0.05) is 18.4 Å². The first-order valence-corrected chi connectivity index (χ1v) is 6.40. The summed E-state index contributed by atoms with van der Waals surface area (Å²) in [7, 11) is 0. The highest BCUT2D eigenvalue weighted by atomic mass is 14.9. The molecule has 0 bridgehead atoms. The highest BCUT2D eigenvalue weighted by Crippen LogP contribution is 2.26. The largest absolute Gasteiger partial charge is 0.310 e. The molecule has 2 heteroatoms. The van der Waals surface area contributed by atoms with Crippen LogP contribution >= 0.6 is 0 Å². The number of rotatable bonds is 6. The summed E-state index contributed by atoms with van der Waals surface area (Å²) in [5, 5.41) is 3.60. The van der Waals surface area contributed by atoms with Crippen molar-refractivity contribution in [3.63, 3.8) is 0 Å². The van der Waals surface area contributed by atoms with Crippen molar-refractivity contribution in [1.29, 1.82) is 0 Å². The van der Waals surface area contributed by atoms with Crippen molar-refractivity contribution >= 4 is 0 Å². The molecule has 90 valence electrons. The van der Waals surface area contributed by atoms with Crippen molar-refractivity contribution < 1.29 is 0 Å². The lowest BCUT2D eigenvalue weighted by atomic mass is 9.89. The highest BCUT2D eigenvalue weighted by Gasteiger charge is 2.18. The maximum absolute atomic E-state index is 4.22. The third kappa shape index (κ3) is 3.05. The van der Waals surface area contributed by atoms with Gasteiger partial charge in [0.15, 0.2) is 0 Å². The Morgan fingerprint density at radius 3 is 2.62 bits per heavy atom. The second-order valence-corrected chi connectivity index (χ2v) is 4.35. The van der Waals surface area contributed by atoms with Crippen molar-refractivity contribution in [3.05, 3.63) is 29.6 Å². The summed E-state index contributed by atoms with van der Waals surface area (Å²) in [6, 6.07) is 2.63. The van der Waals surface area contributed by atoms with Crippen LogP contribution in [-0.2, 0) is 6.42 Å². The molecule has 2 unspecified atom stereocenters. The zero-order valence-electron chi connectivity index (χ0n) is 11.0. The van der Waals surface area contributed by atoms with E-state index in [2.05, 4.69) is 44.1 Å². The number of aryl methyl sites for hydroxylation is 1. The van der Waals surface area contributed by atoms with E-state index < -0.39 is 0 Å². The molecule has 1 aromatic rings. The maximum atomic E-state index is 4.22. The molecule has 0 radical (unpaired) electrons. The summed E-state index contributed by atoms with van der Waals surface area (Å²) in [4.78, 5) is 4.22. The molecule has 0 fully saturated rings. The molecule has 0 aliphatic heterocycles. The molecule has 2 atom stereocenters. The number of nitrogens with zero attached hydrogens (tertiary/aromatic N) is 1. The predicted octanol–water partition coefficient (Wildman–Crippen LogP) is 3.34. The van der Waals surface area contributed by atoms with E-state index in [1.165, 1.54) is 17.5 Å². The molecule has 1 N–H and O–H groups in total. The number of pyridine rings is 1. The number of hydrogen-bond acceptors (Lipinski definition) is 2. The van der Waals surface area contributed by atoms with Gasteiger partial charge in [-0.1, -0.05) is 34.1 Å². The second-order valence-electron chi connectivity index (χ2n) is 4.35. The molecule has 0 amide bonds. The molecular formula is C14H24N2. The van der Waals surface area contributed by atoms with Crippen LogP contribution in [0.4, 0.5) is 0 Å². The SMILES string of the molecule is CCNC(c1ccncc1CC)C(C)CC. The molecule has 0 aliphatic rings. The molecule has 0 saturated carbocycles. The topological polar surface area (TPSA) is 24.9 Å². The molecule has 16 heavy (non-hydrogen) atoms. The van der Waals surface area contributed by atoms with Crippen LogP contribution in [0, 0.1) is 5.92 Å². The van der Waals surface area contributed by atoms with E-state index >= 15 is 0 Å². The monoisotopic (exact) mass is 220 g/mol. The Kier molecular flexibility index (Phi) is 5.47. The van der Waals surface area contributed by atoms with Gasteiger partial charge in [-0.3, -0.25) is 4.98 Å². The van der Waals surface area contributed by atoms with Gasteiger partial charge in [-0.25, -0.2) is 0 Å². The molecule has 2 nitrogen and oxygen atoms in total. The fourth-order valence-corrected chi connectivity index (χ4v) is 2.11. The average molecular weight is 220 g/mol. The first-order chi connectivity index (χ1) is 7.74. The van der Waals surface area contributed by atoms with Crippen LogP contribution in [0.15, 0.2) is 18.5 Å². The van der Waals surface area contributed by atoms with Gasteiger partial charge in [-0.2, -0.15) is 0 Å². The minimum Gasteiger partial charge on any atom is -0.310 e. The van der Waals surface area contributed by atoms with E-state index in [-0.39, 0.29) is 0 Å². The zero-order valence-corrected chi connectivity index (χ0v) is 11.0. The normalized spacial score (nSPS) is 14.8. The maximum Gasteiger partial charge on any atom is 0.0349 e. The number of nitrogens with one attached hydrogen (secondary N) is 1. The Morgan fingerprint density at radius 2 is 2.06 bits per heavy atom. The smallest absolute Gasteiger partial charge is 0.0349 e. The van der Waals surface area contributed by atoms with Crippen LogP contribution in [0.25, 0.3) is 0 Å². The summed E-state index contributed by atoms with van der Waals surface area (Å²) in [6.07, 6.45) is 6.16. The third-order valence-corrected chi connectivity index (χ3v) is 3.29. The van der Waals surface area contributed by atoms with Gasteiger partial charge >= 0.3 is 0 Å². The molecule has 1 rings (SSSR count). The third-order valence-electron chi connectivity index (χ3n) is 3.29.